The number of hydrogen-bond donors (Lipinski definition) is 8. The number of allylic oxidation sites excluding steroid dienone is 2. The zero-order valence-electron chi connectivity index (χ0n) is 28.8. The Morgan fingerprint density at radius 2 is 1.15 bits per heavy atom. The van der Waals surface area contributed by atoms with E-state index >= 15 is 0 Å². The number of carbonyl (C=O) groups is 3. The Morgan fingerprint density at radius 1 is 0.698 bits per heavy atom. The molecular formula is C34H46O19. The minimum absolute atomic E-state index is 0.0210. The molecule has 0 unspecified atom stereocenters. The maximum absolute atomic E-state index is 13.0. The van der Waals surface area contributed by atoms with Gasteiger partial charge in [0.15, 0.2) is 12.6 Å². The molecule has 0 spiro atoms. The van der Waals surface area contributed by atoms with E-state index in [1.165, 1.54) is 18.2 Å². The molecule has 4 heterocycles. The Morgan fingerprint density at radius 3 is 1.58 bits per heavy atom. The molecule has 4 aliphatic rings. The predicted molar refractivity (Wildman–Crippen MR) is 173 cm³/mol. The van der Waals surface area contributed by atoms with E-state index in [2.05, 4.69) is 13.2 Å². The van der Waals surface area contributed by atoms with Gasteiger partial charge in [-0.2, -0.15) is 0 Å². The van der Waals surface area contributed by atoms with Crippen LogP contribution in [-0.4, -0.2) is 161 Å². The molecule has 4 aliphatic heterocycles. The molecule has 19 heteroatoms. The fraction of sp³-hybridized carbons (Fsp3) is 0.618. The van der Waals surface area contributed by atoms with Crippen LogP contribution in [0.4, 0.5) is 0 Å². The Balaban J connectivity index is 1.66. The van der Waals surface area contributed by atoms with E-state index in [9.17, 15) is 55.2 Å². The Hall–Kier alpha value is -3.57. The molecule has 0 saturated carbocycles. The van der Waals surface area contributed by atoms with Gasteiger partial charge in [-0.05, 0) is 12.0 Å². The first-order valence-electron chi connectivity index (χ1n) is 16.5. The van der Waals surface area contributed by atoms with Crippen molar-refractivity contribution in [2.45, 2.75) is 80.4 Å². The number of hydrogen-bond acceptors (Lipinski definition) is 19. The molecule has 0 aromatic rings. The van der Waals surface area contributed by atoms with E-state index in [0.717, 1.165) is 26.7 Å². The third-order valence-corrected chi connectivity index (χ3v) is 9.59. The highest BCUT2D eigenvalue weighted by atomic mass is 16.8. The first-order valence-corrected chi connectivity index (χ1v) is 16.5. The molecule has 0 radical (unpaired) electrons. The molecular weight excluding hydrogens is 712 g/mol. The SMILES string of the molecule is C=C[C@@H]1[C@@H](O[C@@H]2O[C@H](CO)[C@@H](O)[C@H](O)[C@H]2O)OC=C(C(=O)OC)[C@@H]1/C(C=O)=C\C[C@@H]1C(C(=O)OC)=CO[C@H](O[C@@H]2O[C@H](CO)[C@@H](O)[C@H](O)[C@H]2O)[C@@H]1C=C. The second-order valence-corrected chi connectivity index (χ2v) is 12.6. The van der Waals surface area contributed by atoms with Gasteiger partial charge in [-0.1, -0.05) is 18.2 Å². The van der Waals surface area contributed by atoms with Crippen LogP contribution in [0.2, 0.25) is 0 Å². The highest BCUT2D eigenvalue weighted by Gasteiger charge is 2.50. The fourth-order valence-electron chi connectivity index (χ4n) is 6.58. The van der Waals surface area contributed by atoms with E-state index in [1.54, 1.807) is 0 Å². The zero-order valence-corrected chi connectivity index (χ0v) is 28.8. The topological polar surface area (TPSA) is 287 Å². The summed E-state index contributed by atoms with van der Waals surface area (Å²) in [6.07, 6.45) is -12.7. The van der Waals surface area contributed by atoms with Crippen molar-refractivity contribution in [2.75, 3.05) is 27.4 Å². The van der Waals surface area contributed by atoms with Gasteiger partial charge in [-0.25, -0.2) is 9.59 Å². The van der Waals surface area contributed by atoms with Crippen molar-refractivity contribution in [1.82, 2.24) is 0 Å². The molecule has 0 aliphatic carbocycles. The molecule has 2 saturated heterocycles. The van der Waals surface area contributed by atoms with Crippen LogP contribution in [0.25, 0.3) is 0 Å². The molecule has 19 nitrogen and oxygen atoms in total. The largest absolute Gasteiger partial charge is 0.471 e. The highest BCUT2D eigenvalue weighted by molar-refractivity contribution is 5.92. The number of ether oxygens (including phenoxy) is 8. The number of rotatable bonds is 14. The molecule has 0 amide bonds. The van der Waals surface area contributed by atoms with Gasteiger partial charge in [-0.3, -0.25) is 4.79 Å². The smallest absolute Gasteiger partial charge is 0.337 e. The van der Waals surface area contributed by atoms with Crippen molar-refractivity contribution >= 4 is 18.2 Å². The quantitative estimate of drug-likeness (QED) is 0.0375. The molecule has 296 valence electrons. The zero-order chi connectivity index (χ0) is 39.1. The van der Waals surface area contributed by atoms with Crippen molar-refractivity contribution in [3.63, 3.8) is 0 Å². The normalized spacial score (nSPS) is 40.4. The minimum atomic E-state index is -1.81. The predicted octanol–water partition coefficient (Wildman–Crippen LogP) is -3.20. The van der Waals surface area contributed by atoms with Gasteiger partial charge in [0.05, 0.1) is 57.0 Å². The average molecular weight is 759 g/mol. The lowest BCUT2D eigenvalue weighted by Gasteiger charge is -2.43. The molecule has 0 bridgehead atoms. The number of esters is 2. The Kier molecular flexibility index (Phi) is 14.8. The summed E-state index contributed by atoms with van der Waals surface area (Å²) in [4.78, 5) is 38.7. The number of aliphatic hydroxyl groups is 8. The van der Waals surface area contributed by atoms with Gasteiger partial charge in [0.2, 0.25) is 12.6 Å². The summed E-state index contributed by atoms with van der Waals surface area (Å²) in [5, 5.41) is 81.1. The van der Waals surface area contributed by atoms with Gasteiger partial charge in [0.25, 0.3) is 0 Å². The molecule has 16 atom stereocenters. The van der Waals surface area contributed by atoms with Crippen LogP contribution in [0.15, 0.2) is 60.6 Å². The summed E-state index contributed by atoms with van der Waals surface area (Å²) in [7, 11) is 2.23. The lowest BCUT2D eigenvalue weighted by molar-refractivity contribution is -0.339. The summed E-state index contributed by atoms with van der Waals surface area (Å²) in [6, 6.07) is 0. The van der Waals surface area contributed by atoms with Crippen LogP contribution in [-0.2, 0) is 52.3 Å². The van der Waals surface area contributed by atoms with E-state index in [-0.39, 0.29) is 23.1 Å². The van der Waals surface area contributed by atoms with Gasteiger partial charge in [0, 0.05) is 17.8 Å². The van der Waals surface area contributed by atoms with Crippen molar-refractivity contribution < 1.29 is 93.1 Å². The lowest BCUT2D eigenvalue weighted by atomic mass is 9.76. The summed E-state index contributed by atoms with van der Waals surface area (Å²) >= 11 is 0. The monoisotopic (exact) mass is 758 g/mol. The first kappa shape index (κ1) is 42.2. The van der Waals surface area contributed by atoms with Gasteiger partial charge in [-0.15, -0.1) is 13.2 Å². The molecule has 53 heavy (non-hydrogen) atoms. The van der Waals surface area contributed by atoms with Crippen LogP contribution >= 0.6 is 0 Å². The van der Waals surface area contributed by atoms with Crippen LogP contribution in [0.5, 0.6) is 0 Å². The molecule has 0 aromatic carbocycles. The van der Waals surface area contributed by atoms with Gasteiger partial charge in [0.1, 0.15) is 55.1 Å². The lowest BCUT2D eigenvalue weighted by Crippen LogP contribution is -2.60. The highest BCUT2D eigenvalue weighted by Crippen LogP contribution is 2.41. The van der Waals surface area contributed by atoms with Crippen LogP contribution < -0.4 is 0 Å². The van der Waals surface area contributed by atoms with E-state index < -0.39 is 123 Å². The van der Waals surface area contributed by atoms with E-state index in [1.807, 2.05) is 0 Å². The van der Waals surface area contributed by atoms with Crippen LogP contribution in [0, 0.1) is 23.7 Å². The van der Waals surface area contributed by atoms with Crippen LogP contribution in [0.1, 0.15) is 6.42 Å². The van der Waals surface area contributed by atoms with Gasteiger partial charge >= 0.3 is 11.9 Å². The van der Waals surface area contributed by atoms with Crippen LogP contribution in [0.3, 0.4) is 0 Å². The van der Waals surface area contributed by atoms with Crippen molar-refractivity contribution in [1.29, 1.82) is 0 Å². The Bertz CT molecular complexity index is 1410. The molecule has 2 fully saturated rings. The summed E-state index contributed by atoms with van der Waals surface area (Å²) in [5.74, 6) is -5.82. The summed E-state index contributed by atoms with van der Waals surface area (Å²) < 4.78 is 43.7. The second-order valence-electron chi connectivity index (χ2n) is 12.6. The van der Waals surface area contributed by atoms with Crippen molar-refractivity contribution in [3.8, 4) is 0 Å². The third kappa shape index (κ3) is 8.72. The Labute approximate surface area is 303 Å². The number of aliphatic hydroxyl groups excluding tert-OH is 8. The summed E-state index contributed by atoms with van der Waals surface area (Å²) in [5.41, 5.74) is -0.223. The van der Waals surface area contributed by atoms with Crippen molar-refractivity contribution in [2.24, 2.45) is 23.7 Å². The minimum Gasteiger partial charge on any atom is -0.471 e. The number of carbonyl (C=O) groups excluding carboxylic acids is 3. The number of aldehydes is 1. The third-order valence-electron chi connectivity index (χ3n) is 9.59. The molecule has 8 N–H and O–H groups in total. The maximum atomic E-state index is 13.0. The standard InChI is InChI=1S/C34H46O19/c1-5-15-17(18(29(44)46-3)12-48-31(15)52-33-27(42)25(40)23(38)20(10-36)50-33)8-7-14(9-35)22-16(6-2)32(49-13-19(22)30(45)47-4)53-34-28(43)26(41)24(39)21(11-37)51-34/h5-7,9,12-13,15-17,20-28,31-34,36-43H,1-2,8,10-11H2,3-4H3/b14-7-/t15-,16+,17+,20-,21-,22-,23-,24-,25+,26+,27-,28-,31-,32-,33+,34+/m1/s1. The van der Waals surface area contributed by atoms with E-state index in [0.29, 0.717) is 6.29 Å². The average Bonchev–Trinajstić information content (AvgIpc) is 3.17. The van der Waals surface area contributed by atoms with Gasteiger partial charge < -0.3 is 78.7 Å². The maximum Gasteiger partial charge on any atom is 0.337 e. The number of methoxy groups -OCH3 is 2. The summed E-state index contributed by atoms with van der Waals surface area (Å²) in [6.45, 7) is 6.16. The molecule has 0 aromatic heterocycles. The molecule has 4 rings (SSSR count). The van der Waals surface area contributed by atoms with E-state index in [4.69, 9.17) is 37.9 Å². The van der Waals surface area contributed by atoms with Crippen molar-refractivity contribution in [3.05, 3.63) is 60.6 Å². The first-order chi connectivity index (χ1) is 25.3. The fourth-order valence-corrected chi connectivity index (χ4v) is 6.58. The second kappa shape index (κ2) is 18.7.